The second-order valence-corrected chi connectivity index (χ2v) is 4.85. The van der Waals surface area contributed by atoms with Crippen LogP contribution >= 0.6 is 0 Å². The van der Waals surface area contributed by atoms with Gasteiger partial charge in [0.15, 0.2) is 0 Å². The van der Waals surface area contributed by atoms with Crippen molar-refractivity contribution in [2.45, 2.75) is 39.0 Å². The molecule has 0 bridgehead atoms. The van der Waals surface area contributed by atoms with Crippen LogP contribution in [0.4, 0.5) is 11.4 Å². The van der Waals surface area contributed by atoms with E-state index in [9.17, 15) is 0 Å². The minimum absolute atomic E-state index is 1.11. The van der Waals surface area contributed by atoms with Gasteiger partial charge in [-0.2, -0.15) is 0 Å². The molecule has 2 rings (SSSR count). The van der Waals surface area contributed by atoms with Crippen LogP contribution in [-0.4, -0.2) is 19.6 Å². The van der Waals surface area contributed by atoms with Gasteiger partial charge in [0, 0.05) is 19.6 Å². The molecule has 1 aliphatic heterocycles. The molecule has 1 aliphatic rings. The SMILES string of the molecule is CCCCCN1CCCCNc2ccccc21. The predicted octanol–water partition coefficient (Wildman–Crippen LogP) is 3.89. The van der Waals surface area contributed by atoms with Crippen molar-refractivity contribution in [2.75, 3.05) is 29.9 Å². The van der Waals surface area contributed by atoms with Crippen LogP contribution in [0.25, 0.3) is 0 Å². The minimum Gasteiger partial charge on any atom is -0.383 e. The van der Waals surface area contributed by atoms with Gasteiger partial charge in [-0.05, 0) is 31.4 Å². The fourth-order valence-corrected chi connectivity index (χ4v) is 2.45. The highest BCUT2D eigenvalue weighted by Crippen LogP contribution is 2.27. The Morgan fingerprint density at radius 2 is 2.06 bits per heavy atom. The number of fused-ring (bicyclic) bond motifs is 1. The second-order valence-electron chi connectivity index (χ2n) is 4.85. The van der Waals surface area contributed by atoms with E-state index in [-0.39, 0.29) is 0 Å². The summed E-state index contributed by atoms with van der Waals surface area (Å²) in [7, 11) is 0. The summed E-state index contributed by atoms with van der Waals surface area (Å²) >= 11 is 0. The molecule has 0 aliphatic carbocycles. The average molecular weight is 232 g/mol. The highest BCUT2D eigenvalue weighted by Gasteiger charge is 2.12. The summed E-state index contributed by atoms with van der Waals surface area (Å²) in [6.45, 7) is 5.79. The Morgan fingerprint density at radius 1 is 1.18 bits per heavy atom. The molecular formula is C15H24N2. The Kier molecular flexibility index (Phi) is 4.72. The number of para-hydroxylation sites is 2. The molecular weight excluding hydrogens is 208 g/mol. The Labute approximate surface area is 105 Å². The Bertz CT molecular complexity index is 335. The summed E-state index contributed by atoms with van der Waals surface area (Å²) in [5.41, 5.74) is 2.70. The van der Waals surface area contributed by atoms with Crippen molar-refractivity contribution in [2.24, 2.45) is 0 Å². The number of hydrogen-bond donors (Lipinski definition) is 1. The monoisotopic (exact) mass is 232 g/mol. The van der Waals surface area contributed by atoms with Crippen LogP contribution in [0.15, 0.2) is 24.3 Å². The van der Waals surface area contributed by atoms with E-state index in [0.717, 1.165) is 6.54 Å². The van der Waals surface area contributed by atoms with Crippen molar-refractivity contribution >= 4 is 11.4 Å². The van der Waals surface area contributed by atoms with Gasteiger partial charge in [0.05, 0.1) is 11.4 Å². The smallest absolute Gasteiger partial charge is 0.0602 e. The Hall–Kier alpha value is -1.18. The highest BCUT2D eigenvalue weighted by atomic mass is 15.1. The van der Waals surface area contributed by atoms with Crippen LogP contribution in [0.3, 0.4) is 0 Å². The first-order valence-electron chi connectivity index (χ1n) is 6.99. The van der Waals surface area contributed by atoms with E-state index in [1.165, 1.54) is 56.6 Å². The molecule has 17 heavy (non-hydrogen) atoms. The van der Waals surface area contributed by atoms with Crippen molar-refractivity contribution in [3.63, 3.8) is 0 Å². The van der Waals surface area contributed by atoms with E-state index in [1.54, 1.807) is 0 Å². The van der Waals surface area contributed by atoms with E-state index in [1.807, 2.05) is 0 Å². The summed E-state index contributed by atoms with van der Waals surface area (Å²) in [6, 6.07) is 8.72. The number of nitrogens with one attached hydrogen (secondary N) is 1. The number of unbranched alkanes of at least 4 members (excludes halogenated alkanes) is 2. The summed E-state index contributed by atoms with van der Waals surface area (Å²) in [5, 5.41) is 3.54. The first kappa shape index (κ1) is 12.3. The molecule has 2 nitrogen and oxygen atoms in total. The van der Waals surface area contributed by atoms with Gasteiger partial charge in [0.25, 0.3) is 0 Å². The van der Waals surface area contributed by atoms with Gasteiger partial charge >= 0.3 is 0 Å². The van der Waals surface area contributed by atoms with Crippen LogP contribution in [0, 0.1) is 0 Å². The van der Waals surface area contributed by atoms with Crippen LogP contribution in [0.1, 0.15) is 39.0 Å². The maximum atomic E-state index is 3.54. The lowest BCUT2D eigenvalue weighted by atomic mass is 10.1. The molecule has 0 aromatic heterocycles. The standard InChI is InChI=1S/C15H24N2/c1-2-3-7-12-17-13-8-6-11-16-14-9-4-5-10-15(14)17/h4-5,9-10,16H,2-3,6-8,11-13H2,1H3. The lowest BCUT2D eigenvalue weighted by molar-refractivity contribution is 0.642. The van der Waals surface area contributed by atoms with Crippen molar-refractivity contribution in [1.29, 1.82) is 0 Å². The molecule has 1 heterocycles. The largest absolute Gasteiger partial charge is 0.383 e. The molecule has 0 fully saturated rings. The molecule has 0 unspecified atom stereocenters. The molecule has 0 amide bonds. The summed E-state index contributed by atoms with van der Waals surface area (Å²) in [5.74, 6) is 0. The fraction of sp³-hybridized carbons (Fsp3) is 0.600. The molecule has 94 valence electrons. The molecule has 1 aromatic carbocycles. The number of rotatable bonds is 4. The van der Waals surface area contributed by atoms with Gasteiger partial charge in [-0.15, -0.1) is 0 Å². The third-order valence-electron chi connectivity index (χ3n) is 3.45. The van der Waals surface area contributed by atoms with Gasteiger partial charge in [0.2, 0.25) is 0 Å². The van der Waals surface area contributed by atoms with Gasteiger partial charge in [-0.25, -0.2) is 0 Å². The molecule has 0 atom stereocenters. The third kappa shape index (κ3) is 3.39. The van der Waals surface area contributed by atoms with Crippen LogP contribution in [-0.2, 0) is 0 Å². The van der Waals surface area contributed by atoms with Gasteiger partial charge in [-0.1, -0.05) is 31.9 Å². The van der Waals surface area contributed by atoms with Crippen LogP contribution in [0.2, 0.25) is 0 Å². The maximum absolute atomic E-state index is 3.54. The quantitative estimate of drug-likeness (QED) is 0.792. The summed E-state index contributed by atoms with van der Waals surface area (Å²) < 4.78 is 0. The zero-order valence-electron chi connectivity index (χ0n) is 10.9. The normalized spacial score (nSPS) is 15.7. The Balaban J connectivity index is 2.08. The van der Waals surface area contributed by atoms with Crippen LogP contribution in [0.5, 0.6) is 0 Å². The summed E-state index contributed by atoms with van der Waals surface area (Å²) in [4.78, 5) is 2.55. The maximum Gasteiger partial charge on any atom is 0.0602 e. The van der Waals surface area contributed by atoms with Crippen LogP contribution < -0.4 is 10.2 Å². The summed E-state index contributed by atoms with van der Waals surface area (Å²) in [6.07, 6.45) is 6.52. The minimum atomic E-state index is 1.11. The first-order chi connectivity index (χ1) is 8.42. The number of benzene rings is 1. The lowest BCUT2D eigenvalue weighted by Crippen LogP contribution is -2.28. The molecule has 1 N–H and O–H groups in total. The van der Waals surface area contributed by atoms with Gasteiger partial charge in [-0.3, -0.25) is 0 Å². The van der Waals surface area contributed by atoms with E-state index >= 15 is 0 Å². The first-order valence-corrected chi connectivity index (χ1v) is 6.99. The fourth-order valence-electron chi connectivity index (χ4n) is 2.45. The molecule has 1 aromatic rings. The molecule has 2 heteroatoms. The number of anilines is 2. The number of nitrogens with zero attached hydrogens (tertiary/aromatic N) is 1. The van der Waals surface area contributed by atoms with Crippen molar-refractivity contribution in [3.8, 4) is 0 Å². The van der Waals surface area contributed by atoms with Crippen molar-refractivity contribution in [3.05, 3.63) is 24.3 Å². The van der Waals surface area contributed by atoms with E-state index < -0.39 is 0 Å². The molecule has 0 saturated carbocycles. The van der Waals surface area contributed by atoms with E-state index in [4.69, 9.17) is 0 Å². The van der Waals surface area contributed by atoms with Crippen molar-refractivity contribution < 1.29 is 0 Å². The number of hydrogen-bond acceptors (Lipinski definition) is 2. The Morgan fingerprint density at radius 3 is 2.94 bits per heavy atom. The molecule has 0 saturated heterocycles. The van der Waals surface area contributed by atoms with E-state index in [0.29, 0.717) is 0 Å². The average Bonchev–Trinajstić information content (AvgIpc) is 2.34. The topological polar surface area (TPSA) is 15.3 Å². The van der Waals surface area contributed by atoms with Crippen molar-refractivity contribution in [1.82, 2.24) is 0 Å². The molecule has 0 radical (unpaired) electrons. The third-order valence-corrected chi connectivity index (χ3v) is 3.45. The van der Waals surface area contributed by atoms with Gasteiger partial charge in [0.1, 0.15) is 0 Å². The predicted molar refractivity (Wildman–Crippen MR) is 75.9 cm³/mol. The van der Waals surface area contributed by atoms with Gasteiger partial charge < -0.3 is 10.2 Å². The second kappa shape index (κ2) is 6.53. The highest BCUT2D eigenvalue weighted by molar-refractivity contribution is 5.70. The zero-order valence-corrected chi connectivity index (χ0v) is 10.9. The lowest BCUT2D eigenvalue weighted by Gasteiger charge is -2.29. The van der Waals surface area contributed by atoms with E-state index in [2.05, 4.69) is 41.4 Å². The molecule has 0 spiro atoms. The zero-order chi connectivity index (χ0) is 11.9.